The Morgan fingerprint density at radius 3 is 2.16 bits per heavy atom. The summed E-state index contributed by atoms with van der Waals surface area (Å²) in [6, 6.07) is 6.57. The van der Waals surface area contributed by atoms with E-state index in [0.717, 1.165) is 19.3 Å². The van der Waals surface area contributed by atoms with Gasteiger partial charge in [-0.1, -0.05) is 12.1 Å². The molecule has 1 saturated heterocycles. The number of anilines is 1. The van der Waals surface area contributed by atoms with Gasteiger partial charge < -0.3 is 5.11 Å². The van der Waals surface area contributed by atoms with Crippen LogP contribution in [0, 0.1) is 23.7 Å². The minimum atomic E-state index is -0.133. The highest BCUT2D eigenvalue weighted by Crippen LogP contribution is 2.57. The van der Waals surface area contributed by atoms with Crippen molar-refractivity contribution in [3.63, 3.8) is 0 Å². The number of fused-ring (bicyclic) bond motifs is 5. The van der Waals surface area contributed by atoms with Gasteiger partial charge in [-0.05, 0) is 43.2 Å². The number of aromatic hydroxyl groups is 1. The lowest BCUT2D eigenvalue weighted by Gasteiger charge is -2.19. The molecule has 1 aromatic rings. The van der Waals surface area contributed by atoms with Gasteiger partial charge in [0.1, 0.15) is 5.75 Å². The maximum absolute atomic E-state index is 12.5. The second-order valence-corrected chi connectivity index (χ2v) is 5.89. The van der Waals surface area contributed by atoms with E-state index in [1.807, 2.05) is 0 Å². The fourth-order valence-electron chi connectivity index (χ4n) is 4.30. The Bertz CT molecular complexity index is 555. The highest BCUT2D eigenvalue weighted by Gasteiger charge is 2.61. The molecule has 2 saturated carbocycles. The summed E-state index contributed by atoms with van der Waals surface area (Å²) < 4.78 is 0. The summed E-state index contributed by atoms with van der Waals surface area (Å²) in [5.74, 6) is 0.269. The van der Waals surface area contributed by atoms with Crippen LogP contribution in [0.15, 0.2) is 24.3 Å². The Morgan fingerprint density at radius 1 is 1.00 bits per heavy atom. The van der Waals surface area contributed by atoms with E-state index in [9.17, 15) is 14.7 Å². The lowest BCUT2D eigenvalue weighted by molar-refractivity contribution is -0.123. The third-order valence-corrected chi connectivity index (χ3v) is 5.05. The van der Waals surface area contributed by atoms with E-state index in [1.165, 1.54) is 11.0 Å². The number of carbonyl (C=O) groups excluding carboxylic acids is 2. The van der Waals surface area contributed by atoms with Crippen LogP contribution in [0.5, 0.6) is 5.75 Å². The van der Waals surface area contributed by atoms with Crippen LogP contribution in [-0.4, -0.2) is 16.9 Å². The van der Waals surface area contributed by atoms with E-state index in [-0.39, 0.29) is 29.4 Å². The predicted molar refractivity (Wildman–Crippen MR) is 68.4 cm³/mol. The molecule has 0 radical (unpaired) electrons. The van der Waals surface area contributed by atoms with Crippen molar-refractivity contribution >= 4 is 17.5 Å². The van der Waals surface area contributed by atoms with Crippen molar-refractivity contribution in [2.45, 2.75) is 19.3 Å². The fraction of sp³-hybridized carbons (Fsp3) is 0.467. The smallest absolute Gasteiger partial charge is 0.238 e. The molecular formula is C15H15NO3. The molecule has 3 fully saturated rings. The molecule has 98 valence electrons. The third-order valence-electron chi connectivity index (χ3n) is 5.05. The second kappa shape index (κ2) is 3.59. The molecule has 19 heavy (non-hydrogen) atoms. The number of hydrogen-bond acceptors (Lipinski definition) is 3. The molecule has 1 heterocycles. The summed E-state index contributed by atoms with van der Waals surface area (Å²) in [5.41, 5.74) is 0.339. The first-order valence-corrected chi connectivity index (χ1v) is 6.84. The van der Waals surface area contributed by atoms with Crippen molar-refractivity contribution in [3.05, 3.63) is 24.3 Å². The number of imide groups is 1. The Balaban J connectivity index is 1.78. The van der Waals surface area contributed by atoms with E-state index in [1.54, 1.807) is 18.2 Å². The van der Waals surface area contributed by atoms with E-state index in [2.05, 4.69) is 0 Å². The number of phenolic OH excluding ortho intramolecular Hbond substituents is 1. The number of carbonyl (C=O) groups is 2. The van der Waals surface area contributed by atoms with Crippen molar-refractivity contribution in [1.82, 2.24) is 0 Å². The molecule has 4 heteroatoms. The lowest BCUT2D eigenvalue weighted by Crippen LogP contribution is -2.32. The molecule has 2 bridgehead atoms. The van der Waals surface area contributed by atoms with Crippen molar-refractivity contribution in [2.24, 2.45) is 23.7 Å². The summed E-state index contributed by atoms with van der Waals surface area (Å²) in [6.07, 6.45) is 3.17. The molecule has 0 aromatic heterocycles. The van der Waals surface area contributed by atoms with Crippen molar-refractivity contribution in [3.8, 4) is 5.75 Å². The van der Waals surface area contributed by atoms with Crippen LogP contribution in [0.2, 0.25) is 0 Å². The second-order valence-electron chi connectivity index (χ2n) is 5.89. The number of phenols is 1. The Hall–Kier alpha value is -1.84. The molecule has 4 atom stereocenters. The highest BCUT2D eigenvalue weighted by molar-refractivity contribution is 6.23. The SMILES string of the molecule is O=C1[C@@H]2[C@@H]3CC[C@@H](C3)[C@@H]2C(=O)N1c1ccccc1O. The van der Waals surface area contributed by atoms with Crippen LogP contribution in [0.1, 0.15) is 19.3 Å². The monoisotopic (exact) mass is 257 g/mol. The van der Waals surface area contributed by atoms with Gasteiger partial charge in [0.2, 0.25) is 11.8 Å². The number of para-hydroxylation sites is 2. The summed E-state index contributed by atoms with van der Waals surface area (Å²) in [4.78, 5) is 26.3. The summed E-state index contributed by atoms with van der Waals surface area (Å²) >= 11 is 0. The van der Waals surface area contributed by atoms with Crippen molar-refractivity contribution in [2.75, 3.05) is 4.90 Å². The number of benzene rings is 1. The lowest BCUT2D eigenvalue weighted by atomic mass is 9.81. The zero-order valence-corrected chi connectivity index (χ0v) is 10.5. The number of hydrogen-bond donors (Lipinski definition) is 1. The van der Waals surface area contributed by atoms with Gasteiger partial charge in [0.05, 0.1) is 17.5 Å². The average Bonchev–Trinajstić information content (AvgIpc) is 3.06. The van der Waals surface area contributed by atoms with Gasteiger partial charge in [-0.2, -0.15) is 0 Å². The molecule has 2 amide bonds. The maximum Gasteiger partial charge on any atom is 0.238 e. The minimum absolute atomic E-state index is 0.00322. The molecule has 1 aliphatic heterocycles. The first kappa shape index (κ1) is 11.0. The van der Waals surface area contributed by atoms with Crippen LogP contribution in [0.3, 0.4) is 0 Å². The molecule has 1 aromatic carbocycles. The zero-order valence-electron chi connectivity index (χ0n) is 10.5. The van der Waals surface area contributed by atoms with E-state index in [4.69, 9.17) is 0 Å². The molecule has 3 aliphatic rings. The standard InChI is InChI=1S/C15H15NO3/c17-11-4-2-1-3-10(11)16-14(18)12-8-5-6-9(7-8)13(12)15(16)19/h1-4,8-9,12-13,17H,5-7H2/t8-,9+,12-,13+. The van der Waals surface area contributed by atoms with Gasteiger partial charge in [0.25, 0.3) is 0 Å². The molecule has 0 spiro atoms. The molecular weight excluding hydrogens is 242 g/mol. The summed E-state index contributed by atoms with van der Waals surface area (Å²) in [6.45, 7) is 0. The number of amides is 2. The van der Waals surface area contributed by atoms with Crippen LogP contribution < -0.4 is 4.90 Å². The van der Waals surface area contributed by atoms with Crippen molar-refractivity contribution in [1.29, 1.82) is 0 Å². The highest BCUT2D eigenvalue weighted by atomic mass is 16.3. The number of rotatable bonds is 1. The van der Waals surface area contributed by atoms with Gasteiger partial charge in [0.15, 0.2) is 0 Å². The first-order chi connectivity index (χ1) is 9.18. The quantitative estimate of drug-likeness (QED) is 0.782. The first-order valence-electron chi connectivity index (χ1n) is 6.84. The summed E-state index contributed by atoms with van der Waals surface area (Å²) in [5, 5.41) is 9.87. The van der Waals surface area contributed by atoms with Crippen LogP contribution in [0.4, 0.5) is 5.69 Å². The Labute approximate surface area is 111 Å². The minimum Gasteiger partial charge on any atom is -0.506 e. The van der Waals surface area contributed by atoms with Gasteiger partial charge in [-0.25, -0.2) is 4.90 Å². The predicted octanol–water partition coefficient (Wildman–Crippen LogP) is 1.93. The van der Waals surface area contributed by atoms with E-state index >= 15 is 0 Å². The Morgan fingerprint density at radius 2 is 1.58 bits per heavy atom. The van der Waals surface area contributed by atoms with Gasteiger partial charge in [0, 0.05) is 0 Å². The van der Waals surface area contributed by atoms with Crippen LogP contribution in [0.25, 0.3) is 0 Å². The number of nitrogens with zero attached hydrogens (tertiary/aromatic N) is 1. The van der Waals surface area contributed by atoms with E-state index in [0.29, 0.717) is 17.5 Å². The average molecular weight is 257 g/mol. The molecule has 2 aliphatic carbocycles. The molecule has 1 N–H and O–H groups in total. The fourth-order valence-corrected chi connectivity index (χ4v) is 4.30. The normalized spacial score (nSPS) is 36.1. The molecule has 4 rings (SSSR count). The third kappa shape index (κ3) is 1.29. The molecule has 4 nitrogen and oxygen atoms in total. The van der Waals surface area contributed by atoms with E-state index < -0.39 is 0 Å². The molecule has 0 unspecified atom stereocenters. The largest absolute Gasteiger partial charge is 0.506 e. The topological polar surface area (TPSA) is 57.6 Å². The van der Waals surface area contributed by atoms with Crippen molar-refractivity contribution < 1.29 is 14.7 Å². The van der Waals surface area contributed by atoms with Gasteiger partial charge in [-0.3, -0.25) is 9.59 Å². The Kier molecular flexibility index (Phi) is 2.08. The maximum atomic E-state index is 12.5. The van der Waals surface area contributed by atoms with Crippen LogP contribution >= 0.6 is 0 Å². The zero-order chi connectivity index (χ0) is 13.1. The van der Waals surface area contributed by atoms with Gasteiger partial charge >= 0.3 is 0 Å². The summed E-state index contributed by atoms with van der Waals surface area (Å²) in [7, 11) is 0. The van der Waals surface area contributed by atoms with Crippen LogP contribution in [-0.2, 0) is 9.59 Å². The van der Waals surface area contributed by atoms with Gasteiger partial charge in [-0.15, -0.1) is 0 Å².